The van der Waals surface area contributed by atoms with Crippen LogP contribution in [-0.4, -0.2) is 4.57 Å². The van der Waals surface area contributed by atoms with Gasteiger partial charge < -0.3 is 9.47 Å². The minimum Gasteiger partial charge on any atom is -0.310 e. The van der Waals surface area contributed by atoms with Crippen molar-refractivity contribution in [2.45, 2.75) is 19.3 Å². The molecule has 0 saturated carbocycles. The average molecular weight is 881 g/mol. The van der Waals surface area contributed by atoms with Crippen LogP contribution in [0.25, 0.3) is 93.9 Å². The predicted molar refractivity (Wildman–Crippen MR) is 292 cm³/mol. The van der Waals surface area contributed by atoms with Gasteiger partial charge >= 0.3 is 0 Å². The van der Waals surface area contributed by atoms with Crippen LogP contribution in [0.4, 0.5) is 17.1 Å². The van der Waals surface area contributed by atoms with Crippen molar-refractivity contribution >= 4 is 49.5 Å². The lowest BCUT2D eigenvalue weighted by atomic mass is 9.82. The summed E-state index contributed by atoms with van der Waals surface area (Å²) >= 11 is 0. The van der Waals surface area contributed by atoms with Crippen LogP contribution < -0.4 is 4.90 Å². The molecule has 0 amide bonds. The van der Waals surface area contributed by atoms with Crippen molar-refractivity contribution in [3.8, 4) is 61.5 Å². The zero-order chi connectivity index (χ0) is 46.1. The zero-order valence-electron chi connectivity index (χ0n) is 38.6. The lowest BCUT2D eigenvalue weighted by Crippen LogP contribution is -2.16. The summed E-state index contributed by atoms with van der Waals surface area (Å²) in [6.45, 7) is 4.72. The summed E-state index contributed by atoms with van der Waals surface area (Å²) in [5, 5.41) is 6.20. The number of para-hydroxylation sites is 1. The molecule has 2 nitrogen and oxygen atoms in total. The maximum Gasteiger partial charge on any atom is 0.0626 e. The molecule has 0 spiro atoms. The van der Waals surface area contributed by atoms with E-state index in [2.05, 4.69) is 278 Å². The first-order valence-electron chi connectivity index (χ1n) is 24.0. The Hall–Kier alpha value is -8.72. The lowest BCUT2D eigenvalue weighted by molar-refractivity contribution is 0.660. The van der Waals surface area contributed by atoms with Crippen LogP contribution in [0, 0.1) is 0 Å². The van der Waals surface area contributed by atoms with E-state index in [-0.39, 0.29) is 5.41 Å². The first-order valence-corrected chi connectivity index (χ1v) is 24.0. The highest BCUT2D eigenvalue weighted by Crippen LogP contribution is 2.52. The Morgan fingerprint density at radius 1 is 0.333 bits per heavy atom. The molecule has 1 aliphatic carbocycles. The topological polar surface area (TPSA) is 8.17 Å². The van der Waals surface area contributed by atoms with E-state index in [4.69, 9.17) is 0 Å². The lowest BCUT2D eigenvalue weighted by Gasteiger charge is -2.28. The molecule has 326 valence electrons. The molecule has 0 saturated heterocycles. The van der Waals surface area contributed by atoms with Crippen molar-refractivity contribution in [2.75, 3.05) is 4.90 Å². The molecule has 0 fully saturated rings. The number of benzene rings is 11. The number of hydrogen-bond acceptors (Lipinski definition) is 1. The van der Waals surface area contributed by atoms with E-state index in [9.17, 15) is 0 Å². The van der Waals surface area contributed by atoms with Crippen LogP contribution in [0.2, 0.25) is 0 Å². The third-order valence-electron chi connectivity index (χ3n) is 14.6. The van der Waals surface area contributed by atoms with Crippen molar-refractivity contribution in [1.29, 1.82) is 0 Å². The molecule has 1 aromatic heterocycles. The molecule has 0 unspecified atom stereocenters. The highest BCUT2D eigenvalue weighted by atomic mass is 15.1. The molecule has 0 atom stereocenters. The second kappa shape index (κ2) is 16.3. The van der Waals surface area contributed by atoms with E-state index >= 15 is 0 Å². The normalized spacial score (nSPS) is 12.6. The van der Waals surface area contributed by atoms with Gasteiger partial charge in [0.15, 0.2) is 0 Å². The number of anilines is 3. The van der Waals surface area contributed by atoms with Gasteiger partial charge in [-0.1, -0.05) is 214 Å². The highest BCUT2D eigenvalue weighted by Gasteiger charge is 2.36. The van der Waals surface area contributed by atoms with E-state index in [1.54, 1.807) is 0 Å². The first kappa shape index (κ1) is 40.5. The standard InChI is InChI=1S/C67H48N2/c1-67(2)61-30-18-17-28-56(61)57-42-40-54(44-62(57)67)68(52-36-31-46(32-37-52)45-19-7-3-8-20-45)53-38-33-47(34-39-53)50-35-41-58-60(43-50)55-27-15-16-29-59(55)66-64(58)63(48-21-9-4-10-22-48)65(49-23-11-5-12-24-49)69(66)51-25-13-6-14-26-51/h3-44H,1-2H3. The molecule has 0 bridgehead atoms. The Morgan fingerprint density at radius 3 is 1.49 bits per heavy atom. The molecule has 0 aliphatic heterocycles. The number of aromatic nitrogens is 1. The van der Waals surface area contributed by atoms with Crippen LogP contribution in [0.5, 0.6) is 0 Å². The number of nitrogens with zero attached hydrogens (tertiary/aromatic N) is 2. The Kier molecular flexibility index (Phi) is 9.55. The van der Waals surface area contributed by atoms with Gasteiger partial charge in [-0.05, 0) is 126 Å². The summed E-state index contributed by atoms with van der Waals surface area (Å²) in [5.41, 5.74) is 20.6. The van der Waals surface area contributed by atoms with E-state index in [0.717, 1.165) is 22.7 Å². The largest absolute Gasteiger partial charge is 0.310 e. The molecule has 2 heteroatoms. The van der Waals surface area contributed by atoms with Gasteiger partial charge in [0.25, 0.3) is 0 Å². The highest BCUT2D eigenvalue weighted by molar-refractivity contribution is 6.30. The van der Waals surface area contributed by atoms with E-state index < -0.39 is 0 Å². The van der Waals surface area contributed by atoms with Gasteiger partial charge in [0, 0.05) is 44.5 Å². The monoisotopic (exact) mass is 880 g/mol. The van der Waals surface area contributed by atoms with Crippen LogP contribution in [-0.2, 0) is 5.41 Å². The summed E-state index contributed by atoms with van der Waals surface area (Å²) in [6, 6.07) is 93.5. The maximum absolute atomic E-state index is 2.50. The Balaban J connectivity index is 0.979. The third-order valence-corrected chi connectivity index (χ3v) is 14.6. The molecular weight excluding hydrogens is 833 g/mol. The average Bonchev–Trinajstić information content (AvgIpc) is 3.90. The van der Waals surface area contributed by atoms with Gasteiger partial charge in [0.1, 0.15) is 0 Å². The minimum absolute atomic E-state index is 0.115. The zero-order valence-corrected chi connectivity index (χ0v) is 38.6. The van der Waals surface area contributed by atoms with Gasteiger partial charge in [0.05, 0.1) is 11.2 Å². The van der Waals surface area contributed by atoms with Crippen molar-refractivity contribution in [1.82, 2.24) is 4.57 Å². The molecule has 0 radical (unpaired) electrons. The molecule has 69 heavy (non-hydrogen) atoms. The van der Waals surface area contributed by atoms with Gasteiger partial charge in [-0.15, -0.1) is 0 Å². The second-order valence-corrected chi connectivity index (χ2v) is 18.9. The fourth-order valence-electron chi connectivity index (χ4n) is 11.3. The van der Waals surface area contributed by atoms with Gasteiger partial charge in [0.2, 0.25) is 0 Å². The Labute approximate surface area is 403 Å². The van der Waals surface area contributed by atoms with Crippen molar-refractivity contribution in [3.05, 3.63) is 266 Å². The smallest absolute Gasteiger partial charge is 0.0626 e. The fraction of sp³-hybridized carbons (Fsp3) is 0.0448. The molecule has 0 N–H and O–H groups in total. The van der Waals surface area contributed by atoms with E-state index in [0.29, 0.717) is 0 Å². The Bertz CT molecular complexity index is 3870. The van der Waals surface area contributed by atoms with Gasteiger partial charge in [-0.3, -0.25) is 0 Å². The molecule has 1 aliphatic rings. The Morgan fingerprint density at radius 2 is 0.826 bits per heavy atom. The fourth-order valence-corrected chi connectivity index (χ4v) is 11.3. The van der Waals surface area contributed by atoms with Crippen LogP contribution in [0.3, 0.4) is 0 Å². The molecule has 13 rings (SSSR count). The number of rotatable bonds is 8. The second-order valence-electron chi connectivity index (χ2n) is 18.9. The third kappa shape index (κ3) is 6.63. The molecular formula is C67H48N2. The summed E-state index contributed by atoms with van der Waals surface area (Å²) < 4.78 is 2.50. The molecule has 1 heterocycles. The number of fused-ring (bicyclic) bond motifs is 9. The summed E-state index contributed by atoms with van der Waals surface area (Å²) in [6.07, 6.45) is 0. The van der Waals surface area contributed by atoms with Crippen molar-refractivity contribution in [3.63, 3.8) is 0 Å². The van der Waals surface area contributed by atoms with Crippen molar-refractivity contribution < 1.29 is 0 Å². The molecule has 12 aromatic rings. The van der Waals surface area contributed by atoms with Crippen LogP contribution >= 0.6 is 0 Å². The van der Waals surface area contributed by atoms with Crippen LogP contribution in [0.15, 0.2) is 255 Å². The SMILES string of the molecule is CC1(C)c2ccccc2-c2ccc(N(c3ccc(-c4ccccc4)cc3)c3ccc(-c4ccc5c(c4)c4ccccc4c4c5c(-c5ccccc5)c(-c5ccccc5)n4-c4ccccc4)cc3)cc21. The van der Waals surface area contributed by atoms with Crippen molar-refractivity contribution in [2.24, 2.45) is 0 Å². The van der Waals surface area contributed by atoms with Crippen LogP contribution in [0.1, 0.15) is 25.0 Å². The van der Waals surface area contributed by atoms with Gasteiger partial charge in [-0.2, -0.15) is 0 Å². The number of hydrogen-bond donors (Lipinski definition) is 0. The minimum atomic E-state index is -0.115. The quantitative estimate of drug-likeness (QED) is 0.138. The summed E-state index contributed by atoms with van der Waals surface area (Å²) in [7, 11) is 0. The summed E-state index contributed by atoms with van der Waals surface area (Å²) in [5.74, 6) is 0. The summed E-state index contributed by atoms with van der Waals surface area (Å²) in [4.78, 5) is 2.41. The maximum atomic E-state index is 2.50. The first-order chi connectivity index (χ1) is 34.0. The predicted octanol–water partition coefficient (Wildman–Crippen LogP) is 18.4. The van der Waals surface area contributed by atoms with E-state index in [1.807, 2.05) is 0 Å². The van der Waals surface area contributed by atoms with Gasteiger partial charge in [-0.25, -0.2) is 0 Å². The molecule has 11 aromatic carbocycles. The van der Waals surface area contributed by atoms with E-state index in [1.165, 1.54) is 99.3 Å².